The average Bonchev–Trinajstić information content (AvgIpc) is 2.62. The molecule has 134 valence electrons. The van der Waals surface area contributed by atoms with E-state index in [-0.39, 0.29) is 5.41 Å². The van der Waals surface area contributed by atoms with Crippen molar-refractivity contribution in [1.82, 2.24) is 9.80 Å². The lowest BCUT2D eigenvalue weighted by atomic mass is 9.69. The first-order chi connectivity index (χ1) is 12.1. The van der Waals surface area contributed by atoms with Crippen molar-refractivity contribution < 1.29 is 9.90 Å². The van der Waals surface area contributed by atoms with Crippen LogP contribution in [-0.2, 0) is 5.41 Å². The largest absolute Gasteiger partial charge is 0.465 e. The van der Waals surface area contributed by atoms with Gasteiger partial charge in [0.2, 0.25) is 0 Å². The zero-order valence-corrected chi connectivity index (χ0v) is 14.7. The van der Waals surface area contributed by atoms with Crippen LogP contribution in [0.3, 0.4) is 0 Å². The van der Waals surface area contributed by atoms with Crippen LogP contribution in [0.1, 0.15) is 44.1 Å². The number of amides is 1. The Morgan fingerprint density at radius 1 is 1.08 bits per heavy atom. The van der Waals surface area contributed by atoms with E-state index in [1.807, 2.05) is 18.2 Å². The molecule has 1 heterocycles. The molecule has 1 amide bonds. The first-order valence-electron chi connectivity index (χ1n) is 9.33. The first-order valence-corrected chi connectivity index (χ1v) is 9.33. The maximum atomic E-state index is 11.1. The molecule has 1 aliphatic heterocycles. The number of hydrogen-bond acceptors (Lipinski definition) is 3. The van der Waals surface area contributed by atoms with Crippen LogP contribution in [0.25, 0.3) is 0 Å². The molecule has 1 saturated heterocycles. The molecule has 0 spiro atoms. The summed E-state index contributed by atoms with van der Waals surface area (Å²) in [6, 6.07) is 13.3. The lowest BCUT2D eigenvalue weighted by Crippen LogP contribution is -2.46. The molecule has 1 N–H and O–H groups in total. The van der Waals surface area contributed by atoms with Crippen molar-refractivity contribution >= 4 is 6.09 Å². The minimum atomic E-state index is -0.798. The number of benzene rings is 1. The molecular weight excluding hydrogens is 314 g/mol. The van der Waals surface area contributed by atoms with Gasteiger partial charge in [0.1, 0.15) is 0 Å². The van der Waals surface area contributed by atoms with Crippen molar-refractivity contribution in [2.24, 2.45) is 0 Å². The molecule has 1 aromatic carbocycles. The second-order valence-electron chi connectivity index (χ2n) is 7.30. The van der Waals surface area contributed by atoms with Crippen molar-refractivity contribution in [1.29, 1.82) is 5.26 Å². The topological polar surface area (TPSA) is 67.6 Å². The Labute approximate surface area is 149 Å². The van der Waals surface area contributed by atoms with Crippen molar-refractivity contribution in [2.45, 2.75) is 50.0 Å². The van der Waals surface area contributed by atoms with Gasteiger partial charge in [-0.05, 0) is 44.1 Å². The van der Waals surface area contributed by atoms with Gasteiger partial charge in [-0.2, -0.15) is 5.26 Å². The van der Waals surface area contributed by atoms with Crippen molar-refractivity contribution in [3.05, 3.63) is 35.9 Å². The van der Waals surface area contributed by atoms with Gasteiger partial charge in [0.15, 0.2) is 0 Å². The minimum Gasteiger partial charge on any atom is -0.465 e. The summed E-state index contributed by atoms with van der Waals surface area (Å²) in [6.07, 6.45) is 4.91. The highest BCUT2D eigenvalue weighted by molar-refractivity contribution is 5.64. The molecule has 5 nitrogen and oxygen atoms in total. The van der Waals surface area contributed by atoms with Gasteiger partial charge >= 0.3 is 6.09 Å². The summed E-state index contributed by atoms with van der Waals surface area (Å²) < 4.78 is 0. The molecule has 2 aliphatic rings. The molecule has 2 fully saturated rings. The average molecular weight is 341 g/mol. The van der Waals surface area contributed by atoms with E-state index < -0.39 is 6.09 Å². The first kappa shape index (κ1) is 17.8. The predicted octanol–water partition coefficient (Wildman–Crippen LogP) is 3.47. The predicted molar refractivity (Wildman–Crippen MR) is 96.4 cm³/mol. The van der Waals surface area contributed by atoms with Crippen LogP contribution in [-0.4, -0.2) is 53.2 Å². The Morgan fingerprint density at radius 2 is 1.68 bits per heavy atom. The van der Waals surface area contributed by atoms with E-state index in [4.69, 9.17) is 5.11 Å². The second kappa shape index (κ2) is 7.88. The Hall–Kier alpha value is -2.06. The summed E-state index contributed by atoms with van der Waals surface area (Å²) in [5, 5.41) is 19.0. The zero-order valence-electron chi connectivity index (χ0n) is 14.7. The van der Waals surface area contributed by atoms with Crippen LogP contribution in [0, 0.1) is 11.3 Å². The van der Waals surface area contributed by atoms with Crippen molar-refractivity contribution in [3.8, 4) is 6.07 Å². The molecule has 0 atom stereocenters. The van der Waals surface area contributed by atoms with Crippen LogP contribution in [0.15, 0.2) is 30.3 Å². The monoisotopic (exact) mass is 341 g/mol. The second-order valence-corrected chi connectivity index (χ2v) is 7.30. The van der Waals surface area contributed by atoms with Crippen LogP contribution < -0.4 is 0 Å². The quantitative estimate of drug-likeness (QED) is 0.894. The van der Waals surface area contributed by atoms with Gasteiger partial charge in [-0.15, -0.1) is 0 Å². The van der Waals surface area contributed by atoms with E-state index in [1.165, 1.54) is 4.90 Å². The van der Waals surface area contributed by atoms with Crippen molar-refractivity contribution in [3.63, 3.8) is 0 Å². The number of nitrogens with zero attached hydrogens (tertiary/aromatic N) is 3. The SMILES string of the molecule is N#CC1(c2ccccc2)CCC(N2CCCN(C(=O)O)CCC2)CC1. The highest BCUT2D eigenvalue weighted by Crippen LogP contribution is 2.40. The fraction of sp³-hybridized carbons (Fsp3) is 0.600. The van der Waals surface area contributed by atoms with E-state index in [0.717, 1.165) is 57.2 Å². The van der Waals surface area contributed by atoms with Gasteiger partial charge in [0, 0.05) is 32.2 Å². The Kier molecular flexibility index (Phi) is 5.60. The molecule has 0 radical (unpaired) electrons. The molecular formula is C20H27N3O2. The minimum absolute atomic E-state index is 0.333. The Morgan fingerprint density at radius 3 is 2.20 bits per heavy atom. The maximum absolute atomic E-state index is 11.1. The molecule has 1 aromatic rings. The molecule has 25 heavy (non-hydrogen) atoms. The number of rotatable bonds is 2. The summed E-state index contributed by atoms with van der Waals surface area (Å²) in [4.78, 5) is 15.2. The molecule has 1 saturated carbocycles. The van der Waals surface area contributed by atoms with Gasteiger partial charge < -0.3 is 14.9 Å². The van der Waals surface area contributed by atoms with Crippen LogP contribution >= 0.6 is 0 Å². The number of nitriles is 1. The molecule has 0 aromatic heterocycles. The number of carboxylic acid groups (broad SMARTS) is 1. The number of hydrogen-bond donors (Lipinski definition) is 1. The lowest BCUT2D eigenvalue weighted by molar-refractivity contribution is 0.0997. The third kappa shape index (κ3) is 3.96. The summed E-state index contributed by atoms with van der Waals surface area (Å²) in [6.45, 7) is 3.17. The third-order valence-electron chi connectivity index (χ3n) is 5.88. The fourth-order valence-electron chi connectivity index (χ4n) is 4.39. The summed E-state index contributed by atoms with van der Waals surface area (Å²) in [5.41, 5.74) is 0.821. The van der Waals surface area contributed by atoms with Gasteiger partial charge in [-0.3, -0.25) is 0 Å². The Balaban J connectivity index is 1.59. The van der Waals surface area contributed by atoms with Crippen molar-refractivity contribution in [2.75, 3.05) is 26.2 Å². The van der Waals surface area contributed by atoms with Gasteiger partial charge in [-0.1, -0.05) is 30.3 Å². The zero-order chi connectivity index (χ0) is 17.7. The highest BCUT2D eigenvalue weighted by atomic mass is 16.4. The van der Waals surface area contributed by atoms with E-state index in [0.29, 0.717) is 19.1 Å². The lowest BCUT2D eigenvalue weighted by Gasteiger charge is -2.41. The molecule has 3 rings (SSSR count). The summed E-state index contributed by atoms with van der Waals surface area (Å²) in [7, 11) is 0. The van der Waals surface area contributed by atoms with Gasteiger partial charge in [-0.25, -0.2) is 4.79 Å². The smallest absolute Gasteiger partial charge is 0.407 e. The van der Waals surface area contributed by atoms with E-state index in [9.17, 15) is 10.1 Å². The standard InChI is InChI=1S/C20H27N3O2/c21-16-20(17-6-2-1-3-7-17)10-8-18(9-11-20)22-12-4-14-23(19(24)25)15-5-13-22/h1-3,6-7,18H,4-5,8-15H2,(H,24,25). The normalized spacial score (nSPS) is 28.6. The maximum Gasteiger partial charge on any atom is 0.407 e. The summed E-state index contributed by atoms with van der Waals surface area (Å²) in [5.74, 6) is 0. The van der Waals surface area contributed by atoms with Crippen LogP contribution in [0.5, 0.6) is 0 Å². The fourth-order valence-corrected chi connectivity index (χ4v) is 4.39. The van der Waals surface area contributed by atoms with Crippen LogP contribution in [0.4, 0.5) is 4.79 Å². The summed E-state index contributed by atoms with van der Waals surface area (Å²) >= 11 is 0. The van der Waals surface area contributed by atoms with E-state index >= 15 is 0 Å². The Bertz CT molecular complexity index is 608. The van der Waals surface area contributed by atoms with Gasteiger partial charge in [0.25, 0.3) is 0 Å². The van der Waals surface area contributed by atoms with Gasteiger partial charge in [0.05, 0.1) is 11.5 Å². The van der Waals surface area contributed by atoms with E-state index in [2.05, 4.69) is 23.1 Å². The molecule has 0 bridgehead atoms. The van der Waals surface area contributed by atoms with Crippen LogP contribution in [0.2, 0.25) is 0 Å². The van der Waals surface area contributed by atoms with E-state index in [1.54, 1.807) is 0 Å². The highest BCUT2D eigenvalue weighted by Gasteiger charge is 2.38. The molecule has 0 unspecified atom stereocenters. The third-order valence-corrected chi connectivity index (χ3v) is 5.88. The number of carbonyl (C=O) groups is 1. The molecule has 5 heteroatoms. The molecule has 1 aliphatic carbocycles.